The maximum absolute atomic E-state index is 11.6. The number of esters is 1. The lowest BCUT2D eigenvalue weighted by molar-refractivity contribution is -0.149. The second-order valence-corrected chi connectivity index (χ2v) is 6.39. The molecule has 0 aliphatic carbocycles. The third-order valence-corrected chi connectivity index (χ3v) is 4.06. The molecule has 0 amide bonds. The van der Waals surface area contributed by atoms with Crippen molar-refractivity contribution in [3.63, 3.8) is 0 Å². The van der Waals surface area contributed by atoms with Crippen molar-refractivity contribution in [2.24, 2.45) is 17.2 Å². The molecule has 0 heterocycles. The van der Waals surface area contributed by atoms with E-state index in [1.54, 1.807) is 0 Å². The summed E-state index contributed by atoms with van der Waals surface area (Å²) in [5, 5.41) is 0. The van der Waals surface area contributed by atoms with Crippen LogP contribution in [0.1, 0.15) is 89.9 Å². The zero-order valence-electron chi connectivity index (χ0n) is 14.9. The van der Waals surface area contributed by atoms with Gasteiger partial charge >= 0.3 is 5.97 Å². The van der Waals surface area contributed by atoms with Crippen LogP contribution in [0.5, 0.6) is 0 Å². The van der Waals surface area contributed by atoms with Gasteiger partial charge in [0.2, 0.25) is 0 Å². The van der Waals surface area contributed by atoms with E-state index in [-0.39, 0.29) is 5.97 Å². The van der Waals surface area contributed by atoms with Crippen LogP contribution < -0.4 is 17.2 Å². The fourth-order valence-corrected chi connectivity index (χ4v) is 2.60. The molecule has 0 aliphatic rings. The molecule has 0 aromatic heterocycles. The number of rotatable bonds is 17. The van der Waals surface area contributed by atoms with Crippen molar-refractivity contribution in [1.82, 2.24) is 0 Å². The van der Waals surface area contributed by atoms with Gasteiger partial charge in [-0.25, -0.2) is 0 Å². The largest absolute Gasteiger partial charge is 0.447 e. The maximum Gasteiger partial charge on any atom is 0.307 e. The third kappa shape index (κ3) is 17.5. The summed E-state index contributed by atoms with van der Waals surface area (Å²) in [5.41, 5.74) is 16.7. The maximum atomic E-state index is 11.6. The fraction of sp³-hybridized carbons (Fsp3) is 0.944. The molecule has 0 aromatic carbocycles. The van der Waals surface area contributed by atoms with Crippen LogP contribution in [0, 0.1) is 0 Å². The summed E-state index contributed by atoms with van der Waals surface area (Å²) in [7, 11) is 0. The van der Waals surface area contributed by atoms with Gasteiger partial charge in [-0.3, -0.25) is 10.5 Å². The predicted molar refractivity (Wildman–Crippen MR) is 96.8 cm³/mol. The van der Waals surface area contributed by atoms with Crippen molar-refractivity contribution >= 4 is 5.97 Å². The molecular formula is C18H39N3O2. The first-order valence-electron chi connectivity index (χ1n) is 9.56. The highest BCUT2D eigenvalue weighted by molar-refractivity contribution is 5.69. The summed E-state index contributed by atoms with van der Waals surface area (Å²) >= 11 is 0. The second kappa shape index (κ2) is 17.7. The average Bonchev–Trinajstić information content (AvgIpc) is 2.53. The van der Waals surface area contributed by atoms with Crippen LogP contribution in [0.3, 0.4) is 0 Å². The summed E-state index contributed by atoms with van der Waals surface area (Å²) in [6.07, 6.45) is 14.6. The summed E-state index contributed by atoms with van der Waals surface area (Å²) < 4.78 is 5.21. The van der Waals surface area contributed by atoms with Gasteiger partial charge in [-0.1, -0.05) is 51.4 Å². The van der Waals surface area contributed by atoms with Crippen LogP contribution in [0.4, 0.5) is 0 Å². The van der Waals surface area contributed by atoms with E-state index in [2.05, 4.69) is 0 Å². The summed E-state index contributed by atoms with van der Waals surface area (Å²) in [5.74, 6) is -0.155. The van der Waals surface area contributed by atoms with Crippen LogP contribution in [-0.2, 0) is 9.53 Å². The van der Waals surface area contributed by atoms with Crippen LogP contribution in [0.25, 0.3) is 0 Å². The number of carbonyl (C=O) groups is 1. The summed E-state index contributed by atoms with van der Waals surface area (Å²) in [4.78, 5) is 11.6. The van der Waals surface area contributed by atoms with Crippen LogP contribution in [0.15, 0.2) is 0 Å². The Morgan fingerprint density at radius 3 is 1.65 bits per heavy atom. The topological polar surface area (TPSA) is 104 Å². The minimum absolute atomic E-state index is 0.155. The number of nitrogens with two attached hydrogens (primary N) is 3. The molecule has 0 saturated carbocycles. The smallest absolute Gasteiger partial charge is 0.307 e. The summed E-state index contributed by atoms with van der Waals surface area (Å²) in [6.45, 7) is 1.52. The van der Waals surface area contributed by atoms with Gasteiger partial charge in [0.15, 0.2) is 6.23 Å². The Bertz CT molecular complexity index is 263. The SMILES string of the molecule is NCCCCCCCCCCCC(=O)OC(N)CCCCCN. The van der Waals surface area contributed by atoms with Crippen LogP contribution in [-0.4, -0.2) is 25.3 Å². The molecule has 1 unspecified atom stereocenters. The van der Waals surface area contributed by atoms with Crippen molar-refractivity contribution in [3.05, 3.63) is 0 Å². The quantitative estimate of drug-likeness (QED) is 0.216. The molecule has 0 rings (SSSR count). The van der Waals surface area contributed by atoms with Gasteiger partial charge in [0.25, 0.3) is 0 Å². The first-order chi connectivity index (χ1) is 11.2. The Hall–Kier alpha value is -0.650. The molecule has 0 fully saturated rings. The zero-order valence-corrected chi connectivity index (χ0v) is 14.9. The molecule has 138 valence electrons. The van der Waals surface area contributed by atoms with E-state index in [0.29, 0.717) is 13.0 Å². The second-order valence-electron chi connectivity index (χ2n) is 6.39. The highest BCUT2D eigenvalue weighted by Crippen LogP contribution is 2.11. The van der Waals surface area contributed by atoms with Crippen LogP contribution in [0.2, 0.25) is 0 Å². The first-order valence-corrected chi connectivity index (χ1v) is 9.56. The molecule has 0 aromatic rings. The van der Waals surface area contributed by atoms with E-state index in [1.807, 2.05) is 0 Å². The van der Waals surface area contributed by atoms with Gasteiger partial charge in [0, 0.05) is 6.42 Å². The van der Waals surface area contributed by atoms with Crippen molar-refractivity contribution in [3.8, 4) is 0 Å². The van der Waals surface area contributed by atoms with Gasteiger partial charge in [-0.2, -0.15) is 0 Å². The Morgan fingerprint density at radius 1 is 0.696 bits per heavy atom. The molecule has 0 aliphatic heterocycles. The first kappa shape index (κ1) is 22.4. The highest BCUT2D eigenvalue weighted by Gasteiger charge is 2.09. The number of carbonyl (C=O) groups excluding carboxylic acids is 1. The Kier molecular flexibility index (Phi) is 17.2. The van der Waals surface area contributed by atoms with Gasteiger partial charge in [0.1, 0.15) is 0 Å². The van der Waals surface area contributed by atoms with E-state index < -0.39 is 6.23 Å². The molecule has 5 nitrogen and oxygen atoms in total. The van der Waals surface area contributed by atoms with Crippen molar-refractivity contribution in [2.45, 2.75) is 96.1 Å². The highest BCUT2D eigenvalue weighted by atomic mass is 16.6. The molecule has 1 atom stereocenters. The molecule has 0 spiro atoms. The van der Waals surface area contributed by atoms with Crippen molar-refractivity contribution in [2.75, 3.05) is 13.1 Å². The Morgan fingerprint density at radius 2 is 1.13 bits per heavy atom. The number of ether oxygens (including phenoxy) is 1. The lowest BCUT2D eigenvalue weighted by Crippen LogP contribution is -2.27. The van der Waals surface area contributed by atoms with Crippen LogP contribution >= 0.6 is 0 Å². The van der Waals surface area contributed by atoms with Gasteiger partial charge in [-0.05, 0) is 45.2 Å². The molecule has 6 N–H and O–H groups in total. The number of hydrogen-bond acceptors (Lipinski definition) is 5. The van der Waals surface area contributed by atoms with E-state index >= 15 is 0 Å². The van der Waals surface area contributed by atoms with E-state index in [9.17, 15) is 4.79 Å². The normalized spacial score (nSPS) is 12.3. The standard InChI is InChI=1S/C18H39N3O2/c19-15-11-7-5-3-1-2-4-6-10-14-18(22)23-17(21)13-9-8-12-16-20/h17H,1-16,19-21H2. The van der Waals surface area contributed by atoms with E-state index in [0.717, 1.165) is 51.5 Å². The minimum Gasteiger partial charge on any atom is -0.447 e. The molecule has 23 heavy (non-hydrogen) atoms. The molecular weight excluding hydrogens is 290 g/mol. The lowest BCUT2D eigenvalue weighted by atomic mass is 10.1. The molecule has 5 heteroatoms. The lowest BCUT2D eigenvalue weighted by Gasteiger charge is -2.12. The Labute approximate surface area is 142 Å². The minimum atomic E-state index is -0.450. The molecule has 0 radical (unpaired) electrons. The van der Waals surface area contributed by atoms with E-state index in [4.69, 9.17) is 21.9 Å². The van der Waals surface area contributed by atoms with Gasteiger partial charge < -0.3 is 16.2 Å². The number of hydrogen-bond donors (Lipinski definition) is 3. The average molecular weight is 330 g/mol. The monoisotopic (exact) mass is 329 g/mol. The van der Waals surface area contributed by atoms with Gasteiger partial charge in [-0.15, -0.1) is 0 Å². The van der Waals surface area contributed by atoms with Gasteiger partial charge in [0.05, 0.1) is 0 Å². The molecule has 0 bridgehead atoms. The van der Waals surface area contributed by atoms with E-state index in [1.165, 1.54) is 38.5 Å². The third-order valence-electron chi connectivity index (χ3n) is 4.06. The Balaban J connectivity index is 3.29. The van der Waals surface area contributed by atoms with Crippen molar-refractivity contribution in [1.29, 1.82) is 0 Å². The fourth-order valence-electron chi connectivity index (χ4n) is 2.60. The number of unbranched alkanes of at least 4 members (excludes halogenated alkanes) is 10. The molecule has 0 saturated heterocycles. The zero-order chi connectivity index (χ0) is 17.2. The summed E-state index contributed by atoms with van der Waals surface area (Å²) in [6, 6.07) is 0. The van der Waals surface area contributed by atoms with Crippen molar-refractivity contribution < 1.29 is 9.53 Å². The predicted octanol–water partition coefficient (Wildman–Crippen LogP) is 3.19.